The summed E-state index contributed by atoms with van der Waals surface area (Å²) in [5, 5.41) is 0. The van der Waals surface area contributed by atoms with Gasteiger partial charge in [0.1, 0.15) is 0 Å². The van der Waals surface area contributed by atoms with E-state index in [1.54, 1.807) is 0 Å². The number of hydrogen-bond donors (Lipinski definition) is 0. The van der Waals surface area contributed by atoms with Gasteiger partial charge < -0.3 is 0 Å². The topological polar surface area (TPSA) is 0 Å². The normalized spacial score (nSPS) is 11.8. The molecule has 0 amide bonds. The van der Waals surface area contributed by atoms with Crippen LogP contribution in [0.4, 0.5) is 0 Å². The van der Waals surface area contributed by atoms with Crippen LogP contribution >= 0.6 is 0 Å². The van der Waals surface area contributed by atoms with Crippen LogP contribution < -0.4 is 0 Å². The molecule has 0 aromatic rings. The zero-order valence-electron chi connectivity index (χ0n) is 5.28. The van der Waals surface area contributed by atoms with Crippen molar-refractivity contribution in [3.05, 3.63) is 12.7 Å². The van der Waals surface area contributed by atoms with E-state index in [4.69, 9.17) is 0 Å². The summed E-state index contributed by atoms with van der Waals surface area (Å²) >= 11 is 0. The summed E-state index contributed by atoms with van der Waals surface area (Å²) in [6.07, 6.45) is 4.41. The second-order valence-corrected chi connectivity index (χ2v) is 2.04. The van der Waals surface area contributed by atoms with Crippen LogP contribution in [0.3, 0.4) is 0 Å². The Kier molecular flexibility index (Phi) is 11.2. The summed E-state index contributed by atoms with van der Waals surface area (Å²) in [4.78, 5) is 0. The van der Waals surface area contributed by atoms with Crippen LogP contribution in [-0.4, -0.2) is 29.6 Å². The van der Waals surface area contributed by atoms with Gasteiger partial charge in [0.15, 0.2) is 0 Å². The molecule has 44 valence electrons. The summed E-state index contributed by atoms with van der Waals surface area (Å²) in [5.41, 5.74) is 0. The van der Waals surface area contributed by atoms with Gasteiger partial charge in [0, 0.05) is 0 Å². The van der Waals surface area contributed by atoms with E-state index in [1.807, 2.05) is 6.08 Å². The number of rotatable bonds is 3. The molecule has 8 heavy (non-hydrogen) atoms. The maximum absolute atomic E-state index is 3.65. The van der Waals surface area contributed by atoms with Crippen molar-refractivity contribution >= 4 is 29.6 Å². The minimum absolute atomic E-state index is 0. The molecule has 0 fully saturated rings. The third-order valence-electron chi connectivity index (χ3n) is 1.27. The van der Waals surface area contributed by atoms with Gasteiger partial charge in [-0.25, -0.2) is 0 Å². The number of allylic oxidation sites excluding steroid dienone is 1. The second kappa shape index (κ2) is 7.74. The van der Waals surface area contributed by atoms with E-state index in [9.17, 15) is 0 Å². The van der Waals surface area contributed by atoms with Crippen molar-refractivity contribution in [3.63, 3.8) is 0 Å². The molecule has 1 unspecified atom stereocenters. The molecule has 0 saturated heterocycles. The first kappa shape index (κ1) is 11.5. The molecule has 0 rings (SSSR count). The minimum atomic E-state index is 0. The van der Waals surface area contributed by atoms with Crippen molar-refractivity contribution in [3.8, 4) is 0 Å². The van der Waals surface area contributed by atoms with Crippen LogP contribution in [0.5, 0.6) is 0 Å². The molecule has 0 aliphatic heterocycles. The molecule has 0 aromatic carbocycles. The Balaban J connectivity index is 0. The van der Waals surface area contributed by atoms with Crippen LogP contribution in [0, 0.1) is 5.92 Å². The van der Waals surface area contributed by atoms with Crippen molar-refractivity contribution in [2.45, 2.75) is 26.7 Å². The Morgan fingerprint density at radius 3 is 2.25 bits per heavy atom. The van der Waals surface area contributed by atoms with Crippen molar-refractivity contribution in [1.29, 1.82) is 0 Å². The van der Waals surface area contributed by atoms with Crippen molar-refractivity contribution in [2.75, 3.05) is 0 Å². The molecule has 0 saturated carbocycles. The van der Waals surface area contributed by atoms with Crippen molar-refractivity contribution in [1.82, 2.24) is 0 Å². The Bertz CT molecular complexity index is 50.3. The van der Waals surface area contributed by atoms with Gasteiger partial charge in [-0.05, 0) is 12.3 Å². The van der Waals surface area contributed by atoms with Crippen molar-refractivity contribution in [2.24, 2.45) is 5.92 Å². The molecule has 1 heteroatoms. The maximum atomic E-state index is 3.65. The Labute approximate surface area is 74.7 Å². The van der Waals surface area contributed by atoms with Gasteiger partial charge in [-0.3, -0.25) is 0 Å². The van der Waals surface area contributed by atoms with Crippen LogP contribution in [0.1, 0.15) is 26.7 Å². The summed E-state index contributed by atoms with van der Waals surface area (Å²) in [6.45, 7) is 8.09. The first-order chi connectivity index (χ1) is 3.31. The summed E-state index contributed by atoms with van der Waals surface area (Å²) in [6, 6.07) is 0. The fourth-order valence-corrected chi connectivity index (χ4v) is 0.451. The van der Waals surface area contributed by atoms with Crippen LogP contribution in [0.15, 0.2) is 12.7 Å². The van der Waals surface area contributed by atoms with Gasteiger partial charge in [-0.2, -0.15) is 0 Å². The molecule has 0 aromatic heterocycles. The number of hydrogen-bond acceptors (Lipinski definition) is 0. The summed E-state index contributed by atoms with van der Waals surface area (Å²) in [5.74, 6) is 0.831. The Hall–Kier alpha value is 0.740. The van der Waals surface area contributed by atoms with Gasteiger partial charge in [0.2, 0.25) is 0 Å². The monoisotopic (exact) mass is 122 g/mol. The SMILES string of the molecule is C=CCC(C)CC.[NaH]. The molecule has 0 heterocycles. The van der Waals surface area contributed by atoms with Gasteiger partial charge in [0.05, 0.1) is 0 Å². The average Bonchev–Trinajstić information content (AvgIpc) is 1.68. The molecule has 0 bridgehead atoms. The van der Waals surface area contributed by atoms with Crippen LogP contribution in [0.25, 0.3) is 0 Å². The molecule has 0 aliphatic carbocycles. The first-order valence-electron chi connectivity index (χ1n) is 2.92. The first-order valence-corrected chi connectivity index (χ1v) is 2.92. The van der Waals surface area contributed by atoms with Gasteiger partial charge in [-0.1, -0.05) is 26.3 Å². The molecular weight excluding hydrogens is 107 g/mol. The molecule has 0 radical (unpaired) electrons. The van der Waals surface area contributed by atoms with Crippen molar-refractivity contribution < 1.29 is 0 Å². The zero-order chi connectivity index (χ0) is 5.70. The standard InChI is InChI=1S/C7H14.Na.H/c1-4-6-7(3)5-2;;/h4,7H,1,5-6H2,2-3H3;;. The predicted octanol–water partition coefficient (Wildman–Crippen LogP) is 1.96. The van der Waals surface area contributed by atoms with Gasteiger partial charge in [0.25, 0.3) is 0 Å². The van der Waals surface area contributed by atoms with Gasteiger partial charge >= 0.3 is 29.6 Å². The zero-order valence-corrected chi connectivity index (χ0v) is 5.28. The summed E-state index contributed by atoms with van der Waals surface area (Å²) in [7, 11) is 0. The Morgan fingerprint density at radius 1 is 1.62 bits per heavy atom. The predicted molar refractivity (Wildman–Crippen MR) is 41.4 cm³/mol. The third kappa shape index (κ3) is 6.74. The molecular formula is C7H15Na. The van der Waals surface area contributed by atoms with E-state index >= 15 is 0 Å². The van der Waals surface area contributed by atoms with Gasteiger partial charge in [-0.15, -0.1) is 6.58 Å². The van der Waals surface area contributed by atoms with Crippen LogP contribution in [-0.2, 0) is 0 Å². The van der Waals surface area contributed by atoms with E-state index < -0.39 is 0 Å². The quantitative estimate of drug-likeness (QED) is 0.396. The molecule has 0 aliphatic rings. The van der Waals surface area contributed by atoms with E-state index in [0.717, 1.165) is 12.3 Å². The molecule has 0 nitrogen and oxygen atoms in total. The van der Waals surface area contributed by atoms with E-state index in [0.29, 0.717) is 0 Å². The average molecular weight is 122 g/mol. The summed E-state index contributed by atoms with van der Waals surface area (Å²) < 4.78 is 0. The Morgan fingerprint density at radius 2 is 2.12 bits per heavy atom. The molecule has 0 N–H and O–H groups in total. The van der Waals surface area contributed by atoms with E-state index in [-0.39, 0.29) is 29.6 Å². The second-order valence-electron chi connectivity index (χ2n) is 2.04. The molecule has 0 spiro atoms. The third-order valence-corrected chi connectivity index (χ3v) is 1.27. The fraction of sp³-hybridized carbons (Fsp3) is 0.714. The van der Waals surface area contributed by atoms with E-state index in [1.165, 1.54) is 6.42 Å². The van der Waals surface area contributed by atoms with E-state index in [2.05, 4.69) is 20.4 Å². The molecule has 1 atom stereocenters. The fourth-order valence-electron chi connectivity index (χ4n) is 0.451. The van der Waals surface area contributed by atoms with Crippen LogP contribution in [0.2, 0.25) is 0 Å².